The normalized spacial score (nSPS) is 12.1. The number of hydrogen-bond donors (Lipinski definition) is 1. The molecule has 0 radical (unpaired) electrons. The molecule has 0 bridgehead atoms. The minimum absolute atomic E-state index is 0.267. The Morgan fingerprint density at radius 2 is 2.07 bits per heavy atom. The number of amides is 1. The van der Waals surface area contributed by atoms with Crippen molar-refractivity contribution < 1.29 is 4.79 Å². The lowest BCUT2D eigenvalue weighted by molar-refractivity contribution is -0.114. The fourth-order valence-corrected chi connectivity index (χ4v) is 1.28. The van der Waals surface area contributed by atoms with Crippen LogP contribution in [0.25, 0.3) is 0 Å². The van der Waals surface area contributed by atoms with E-state index in [2.05, 4.69) is 11.8 Å². The van der Waals surface area contributed by atoms with Gasteiger partial charge in [-0.2, -0.15) is 0 Å². The summed E-state index contributed by atoms with van der Waals surface area (Å²) >= 11 is 0. The number of nitrogens with two attached hydrogens (primary N) is 1. The maximum atomic E-state index is 11.0. The first-order valence-corrected chi connectivity index (χ1v) is 5.21. The molecule has 0 atom stereocenters. The van der Waals surface area contributed by atoms with Gasteiger partial charge >= 0.3 is 0 Å². The summed E-state index contributed by atoms with van der Waals surface area (Å²) in [7, 11) is 4.09. The summed E-state index contributed by atoms with van der Waals surface area (Å²) in [4.78, 5) is 13.1. The first-order valence-electron chi connectivity index (χ1n) is 5.21. The highest BCUT2D eigenvalue weighted by atomic mass is 16.1. The maximum Gasteiger partial charge on any atom is 0.244 e. The topological polar surface area (TPSA) is 46.3 Å². The third-order valence-electron chi connectivity index (χ3n) is 2.04. The van der Waals surface area contributed by atoms with Crippen molar-refractivity contribution in [2.45, 2.75) is 32.6 Å². The molecule has 1 amide bonds. The Bertz CT molecular complexity index is 197. The molecule has 2 N–H and O–H groups in total. The Morgan fingerprint density at radius 3 is 2.50 bits per heavy atom. The molecule has 82 valence electrons. The number of carbonyl (C=O) groups is 1. The molecule has 3 heteroatoms. The van der Waals surface area contributed by atoms with Crippen molar-refractivity contribution in [2.24, 2.45) is 5.73 Å². The monoisotopic (exact) mass is 198 g/mol. The smallest absolute Gasteiger partial charge is 0.244 e. The summed E-state index contributed by atoms with van der Waals surface area (Å²) in [6.07, 6.45) is 5.78. The van der Waals surface area contributed by atoms with E-state index < -0.39 is 0 Å². The van der Waals surface area contributed by atoms with Gasteiger partial charge in [0.25, 0.3) is 0 Å². The molecule has 0 heterocycles. The molecule has 0 aliphatic heterocycles. The van der Waals surface area contributed by atoms with Crippen molar-refractivity contribution in [3.8, 4) is 0 Å². The summed E-state index contributed by atoms with van der Waals surface area (Å²) in [5.74, 6) is -0.267. The minimum Gasteiger partial charge on any atom is -0.366 e. The fraction of sp³-hybridized carbons (Fsp3) is 0.727. The van der Waals surface area contributed by atoms with E-state index in [1.165, 1.54) is 0 Å². The van der Waals surface area contributed by atoms with E-state index >= 15 is 0 Å². The van der Waals surface area contributed by atoms with Gasteiger partial charge < -0.3 is 10.6 Å². The Balaban J connectivity index is 3.85. The zero-order valence-electron chi connectivity index (χ0n) is 9.55. The highest BCUT2D eigenvalue weighted by Gasteiger charge is 2.02. The number of hydrogen-bond acceptors (Lipinski definition) is 2. The van der Waals surface area contributed by atoms with Crippen LogP contribution in [0.1, 0.15) is 32.6 Å². The zero-order chi connectivity index (χ0) is 11.0. The molecule has 0 saturated carbocycles. The Labute approximate surface area is 87.0 Å². The van der Waals surface area contributed by atoms with Crippen LogP contribution in [0.2, 0.25) is 0 Å². The molecule has 0 spiro atoms. The lowest BCUT2D eigenvalue weighted by atomic mass is 10.1. The molecule has 0 aromatic heterocycles. The highest BCUT2D eigenvalue weighted by molar-refractivity contribution is 5.91. The van der Waals surface area contributed by atoms with E-state index in [4.69, 9.17) is 5.73 Å². The molecule has 0 aliphatic carbocycles. The van der Waals surface area contributed by atoms with E-state index in [1.807, 2.05) is 20.2 Å². The van der Waals surface area contributed by atoms with Crippen LogP contribution in [0.4, 0.5) is 0 Å². The van der Waals surface area contributed by atoms with Gasteiger partial charge in [-0.05, 0) is 39.9 Å². The third-order valence-corrected chi connectivity index (χ3v) is 2.04. The molecule has 0 saturated heterocycles. The van der Waals surface area contributed by atoms with Gasteiger partial charge in [0.05, 0.1) is 0 Å². The van der Waals surface area contributed by atoms with Crippen molar-refractivity contribution in [3.05, 3.63) is 11.6 Å². The van der Waals surface area contributed by atoms with Crippen molar-refractivity contribution in [2.75, 3.05) is 20.6 Å². The Morgan fingerprint density at radius 1 is 1.43 bits per heavy atom. The summed E-state index contributed by atoms with van der Waals surface area (Å²) in [5.41, 5.74) is 6.03. The van der Waals surface area contributed by atoms with Crippen LogP contribution in [-0.2, 0) is 4.79 Å². The van der Waals surface area contributed by atoms with Crippen LogP contribution in [0.15, 0.2) is 11.6 Å². The van der Waals surface area contributed by atoms with Crippen molar-refractivity contribution in [1.29, 1.82) is 0 Å². The quantitative estimate of drug-likeness (QED) is 0.498. The molecule has 0 aromatic carbocycles. The summed E-state index contributed by atoms with van der Waals surface area (Å²) in [6, 6.07) is 0. The van der Waals surface area contributed by atoms with Crippen LogP contribution in [-0.4, -0.2) is 31.4 Å². The van der Waals surface area contributed by atoms with Crippen LogP contribution in [0, 0.1) is 0 Å². The molecule has 14 heavy (non-hydrogen) atoms. The number of carbonyl (C=O) groups excluding carboxylic acids is 1. The second kappa shape index (κ2) is 7.56. The molecule has 0 aliphatic rings. The number of allylic oxidation sites excluding steroid dienone is 1. The summed E-state index contributed by atoms with van der Waals surface area (Å²) in [5, 5.41) is 0. The molecular formula is C11H22N2O. The van der Waals surface area contributed by atoms with Gasteiger partial charge in [-0.15, -0.1) is 0 Å². The highest BCUT2D eigenvalue weighted by Crippen LogP contribution is 2.06. The van der Waals surface area contributed by atoms with Gasteiger partial charge in [-0.25, -0.2) is 0 Å². The number of unbranched alkanes of at least 4 members (excludes halogenated alkanes) is 1. The molecule has 0 fully saturated rings. The van der Waals surface area contributed by atoms with Crippen molar-refractivity contribution in [1.82, 2.24) is 4.90 Å². The van der Waals surface area contributed by atoms with E-state index in [1.54, 1.807) is 0 Å². The third kappa shape index (κ3) is 6.66. The van der Waals surface area contributed by atoms with Gasteiger partial charge in [0.1, 0.15) is 0 Å². The van der Waals surface area contributed by atoms with E-state index in [0.717, 1.165) is 37.8 Å². The van der Waals surface area contributed by atoms with Crippen LogP contribution >= 0.6 is 0 Å². The van der Waals surface area contributed by atoms with E-state index in [9.17, 15) is 4.79 Å². The predicted octanol–water partition coefficient (Wildman–Crippen LogP) is 1.54. The van der Waals surface area contributed by atoms with Gasteiger partial charge in [0, 0.05) is 5.57 Å². The SMILES string of the molecule is CCCC(=CCCCN(C)C)C(N)=O. The van der Waals surface area contributed by atoms with Gasteiger partial charge in [0.2, 0.25) is 5.91 Å². The van der Waals surface area contributed by atoms with Crippen molar-refractivity contribution in [3.63, 3.8) is 0 Å². The van der Waals surface area contributed by atoms with Gasteiger partial charge in [-0.1, -0.05) is 19.4 Å². The number of nitrogens with zero attached hydrogens (tertiary/aromatic N) is 1. The van der Waals surface area contributed by atoms with E-state index in [0.29, 0.717) is 0 Å². The predicted molar refractivity (Wildman–Crippen MR) is 60.0 cm³/mol. The molecule has 3 nitrogen and oxygen atoms in total. The molecular weight excluding hydrogens is 176 g/mol. The molecule has 0 rings (SSSR count). The van der Waals surface area contributed by atoms with Crippen LogP contribution < -0.4 is 5.73 Å². The average Bonchev–Trinajstić information content (AvgIpc) is 2.09. The van der Waals surface area contributed by atoms with E-state index in [-0.39, 0.29) is 5.91 Å². The molecule has 0 unspecified atom stereocenters. The molecule has 0 aromatic rings. The average molecular weight is 198 g/mol. The van der Waals surface area contributed by atoms with Crippen LogP contribution in [0.3, 0.4) is 0 Å². The van der Waals surface area contributed by atoms with Crippen LogP contribution in [0.5, 0.6) is 0 Å². The zero-order valence-corrected chi connectivity index (χ0v) is 9.55. The second-order valence-electron chi connectivity index (χ2n) is 3.79. The summed E-state index contributed by atoms with van der Waals surface area (Å²) in [6.45, 7) is 3.10. The maximum absolute atomic E-state index is 11.0. The second-order valence-corrected chi connectivity index (χ2v) is 3.79. The van der Waals surface area contributed by atoms with Gasteiger partial charge in [-0.3, -0.25) is 4.79 Å². The first-order chi connectivity index (χ1) is 6.57. The van der Waals surface area contributed by atoms with Gasteiger partial charge in [0.15, 0.2) is 0 Å². The fourth-order valence-electron chi connectivity index (χ4n) is 1.28. The summed E-state index contributed by atoms with van der Waals surface area (Å²) < 4.78 is 0. The Kier molecular flexibility index (Phi) is 7.11. The lowest BCUT2D eigenvalue weighted by Crippen LogP contribution is -2.14. The number of rotatable bonds is 7. The number of primary amides is 1. The standard InChI is InChI=1S/C11H22N2O/c1-4-7-10(11(12)14)8-5-6-9-13(2)3/h8H,4-7,9H2,1-3H3,(H2,12,14). The largest absolute Gasteiger partial charge is 0.366 e. The Hall–Kier alpha value is -0.830. The first kappa shape index (κ1) is 13.2. The van der Waals surface area contributed by atoms with Crippen molar-refractivity contribution >= 4 is 5.91 Å². The minimum atomic E-state index is -0.267. The lowest BCUT2D eigenvalue weighted by Gasteiger charge is -2.07.